The van der Waals surface area contributed by atoms with Crippen LogP contribution in [-0.4, -0.2) is 17.6 Å². The van der Waals surface area contributed by atoms with E-state index in [0.717, 1.165) is 11.3 Å². The number of rotatable bonds is 5. The highest BCUT2D eigenvalue weighted by Gasteiger charge is 2.14. The largest absolute Gasteiger partial charge is 0.469 e. The highest BCUT2D eigenvalue weighted by Crippen LogP contribution is 2.22. The minimum Gasteiger partial charge on any atom is -0.469 e. The van der Waals surface area contributed by atoms with Gasteiger partial charge in [-0.15, -0.1) is 0 Å². The standard InChI is InChI=1S/C16H14ClNO3S/c1-3-7-21-16(19)13-9-11(4-5-14(13)17)18-15(22)12-6-8-20-10(12)2/h3-6,8-9H,1,7H2,2H3,(H,18,22). The van der Waals surface area contributed by atoms with Crippen LogP contribution in [0.25, 0.3) is 0 Å². The molecular weight excluding hydrogens is 322 g/mol. The zero-order valence-corrected chi connectivity index (χ0v) is 13.5. The molecule has 0 radical (unpaired) electrons. The SMILES string of the molecule is C=CCOC(=O)c1cc(NC(=S)c2ccoc2C)ccc1Cl. The molecule has 114 valence electrons. The lowest BCUT2D eigenvalue weighted by molar-refractivity contribution is 0.0550. The number of furan rings is 1. The van der Waals surface area contributed by atoms with Gasteiger partial charge in [0.05, 0.1) is 22.4 Å². The minimum atomic E-state index is -0.515. The first-order valence-electron chi connectivity index (χ1n) is 6.46. The van der Waals surface area contributed by atoms with E-state index in [1.54, 1.807) is 30.5 Å². The summed E-state index contributed by atoms with van der Waals surface area (Å²) in [5.41, 5.74) is 1.70. The molecule has 0 spiro atoms. The lowest BCUT2D eigenvalue weighted by atomic mass is 10.2. The first-order valence-corrected chi connectivity index (χ1v) is 7.24. The lowest BCUT2D eigenvalue weighted by Gasteiger charge is -2.10. The fourth-order valence-electron chi connectivity index (χ4n) is 1.79. The molecule has 1 aromatic carbocycles. The number of halogens is 1. The predicted octanol–water partition coefficient (Wildman–Crippen LogP) is 4.37. The number of thiocarbonyl (C=S) groups is 1. The second-order valence-corrected chi connectivity index (χ2v) is 5.24. The summed E-state index contributed by atoms with van der Waals surface area (Å²) in [5, 5.41) is 3.36. The highest BCUT2D eigenvalue weighted by molar-refractivity contribution is 7.81. The van der Waals surface area contributed by atoms with Crippen molar-refractivity contribution in [1.29, 1.82) is 0 Å². The van der Waals surface area contributed by atoms with Crippen molar-refractivity contribution in [3.05, 3.63) is 65.1 Å². The molecule has 1 N–H and O–H groups in total. The maximum absolute atomic E-state index is 11.9. The van der Waals surface area contributed by atoms with Crippen LogP contribution in [0.4, 0.5) is 5.69 Å². The van der Waals surface area contributed by atoms with E-state index < -0.39 is 5.97 Å². The van der Waals surface area contributed by atoms with Crippen molar-refractivity contribution in [2.24, 2.45) is 0 Å². The topological polar surface area (TPSA) is 51.5 Å². The Morgan fingerprint density at radius 1 is 1.45 bits per heavy atom. The van der Waals surface area contributed by atoms with Crippen molar-refractivity contribution in [2.45, 2.75) is 6.92 Å². The van der Waals surface area contributed by atoms with E-state index in [1.807, 2.05) is 6.92 Å². The van der Waals surface area contributed by atoms with Gasteiger partial charge in [0.2, 0.25) is 0 Å². The minimum absolute atomic E-state index is 0.124. The van der Waals surface area contributed by atoms with Crippen molar-refractivity contribution in [1.82, 2.24) is 0 Å². The fourth-order valence-corrected chi connectivity index (χ4v) is 2.32. The maximum atomic E-state index is 11.9. The van der Waals surface area contributed by atoms with Crippen LogP contribution in [0.15, 0.2) is 47.6 Å². The summed E-state index contributed by atoms with van der Waals surface area (Å²) < 4.78 is 10.2. The number of hydrogen-bond acceptors (Lipinski definition) is 4. The Hall–Kier alpha value is -2.11. The average Bonchev–Trinajstić information content (AvgIpc) is 2.93. The highest BCUT2D eigenvalue weighted by atomic mass is 35.5. The van der Waals surface area contributed by atoms with Gasteiger partial charge in [-0.3, -0.25) is 0 Å². The Balaban J connectivity index is 2.19. The fraction of sp³-hybridized carbons (Fsp3) is 0.125. The van der Waals surface area contributed by atoms with Gasteiger partial charge in [-0.05, 0) is 31.2 Å². The number of nitrogens with one attached hydrogen (secondary N) is 1. The molecule has 0 atom stereocenters. The molecule has 1 heterocycles. The van der Waals surface area contributed by atoms with Gasteiger partial charge in [-0.2, -0.15) is 0 Å². The number of carbonyl (C=O) groups is 1. The molecule has 1 aromatic heterocycles. The molecule has 0 aliphatic carbocycles. The lowest BCUT2D eigenvalue weighted by Crippen LogP contribution is -2.12. The quantitative estimate of drug-likeness (QED) is 0.499. The van der Waals surface area contributed by atoms with Gasteiger partial charge >= 0.3 is 5.97 Å². The van der Waals surface area contributed by atoms with E-state index in [0.29, 0.717) is 15.7 Å². The Labute approximate surface area is 138 Å². The smallest absolute Gasteiger partial charge is 0.340 e. The van der Waals surface area contributed by atoms with Crippen molar-refractivity contribution in [2.75, 3.05) is 11.9 Å². The maximum Gasteiger partial charge on any atom is 0.340 e. The molecule has 0 saturated heterocycles. The molecule has 4 nitrogen and oxygen atoms in total. The van der Waals surface area contributed by atoms with E-state index >= 15 is 0 Å². The molecule has 2 aromatic rings. The van der Waals surface area contributed by atoms with Crippen molar-refractivity contribution >= 4 is 40.5 Å². The summed E-state index contributed by atoms with van der Waals surface area (Å²) in [6.07, 6.45) is 3.06. The van der Waals surface area contributed by atoms with Crippen molar-refractivity contribution < 1.29 is 13.9 Å². The molecule has 0 aliphatic heterocycles. The van der Waals surface area contributed by atoms with Gasteiger partial charge < -0.3 is 14.5 Å². The van der Waals surface area contributed by atoms with Gasteiger partial charge in [-0.25, -0.2) is 4.79 Å². The van der Waals surface area contributed by atoms with Crippen LogP contribution < -0.4 is 5.32 Å². The molecule has 0 amide bonds. The van der Waals surface area contributed by atoms with E-state index in [9.17, 15) is 4.79 Å². The van der Waals surface area contributed by atoms with Crippen LogP contribution in [-0.2, 0) is 4.74 Å². The van der Waals surface area contributed by atoms with Gasteiger partial charge in [0.15, 0.2) is 0 Å². The normalized spacial score (nSPS) is 10.1. The van der Waals surface area contributed by atoms with Crippen molar-refractivity contribution in [3.63, 3.8) is 0 Å². The van der Waals surface area contributed by atoms with Crippen LogP contribution in [0.3, 0.4) is 0 Å². The molecule has 0 unspecified atom stereocenters. The van der Waals surface area contributed by atoms with E-state index in [2.05, 4.69) is 11.9 Å². The first kappa shape index (κ1) is 16.3. The summed E-state index contributed by atoms with van der Waals surface area (Å²) in [4.78, 5) is 12.4. The molecule has 2 rings (SSSR count). The number of aryl methyl sites for hydroxylation is 1. The summed E-state index contributed by atoms with van der Waals surface area (Å²) in [6, 6.07) is 6.71. The van der Waals surface area contributed by atoms with E-state index in [-0.39, 0.29) is 12.2 Å². The Kier molecular flexibility index (Phi) is 5.35. The van der Waals surface area contributed by atoms with Gasteiger partial charge in [-0.1, -0.05) is 36.5 Å². The average molecular weight is 336 g/mol. The first-order chi connectivity index (χ1) is 10.5. The summed E-state index contributed by atoms with van der Waals surface area (Å²) in [7, 11) is 0. The van der Waals surface area contributed by atoms with Gasteiger partial charge in [0.1, 0.15) is 17.4 Å². The molecule has 22 heavy (non-hydrogen) atoms. The summed E-state index contributed by atoms with van der Waals surface area (Å²) in [5.74, 6) is 0.205. The second kappa shape index (κ2) is 7.24. The number of ether oxygens (including phenoxy) is 1. The number of esters is 1. The monoisotopic (exact) mass is 335 g/mol. The van der Waals surface area contributed by atoms with Crippen LogP contribution in [0, 0.1) is 6.92 Å². The molecule has 6 heteroatoms. The second-order valence-electron chi connectivity index (χ2n) is 4.43. The van der Waals surface area contributed by atoms with Crippen LogP contribution >= 0.6 is 23.8 Å². The third kappa shape index (κ3) is 3.75. The zero-order valence-electron chi connectivity index (χ0n) is 11.9. The molecule has 0 fully saturated rings. The molecule has 0 saturated carbocycles. The molecule has 0 bridgehead atoms. The Morgan fingerprint density at radius 3 is 2.86 bits per heavy atom. The van der Waals surface area contributed by atoms with Crippen molar-refractivity contribution in [3.8, 4) is 0 Å². The zero-order chi connectivity index (χ0) is 16.1. The Morgan fingerprint density at radius 2 is 2.23 bits per heavy atom. The number of hydrogen-bond donors (Lipinski definition) is 1. The molecular formula is C16H14ClNO3S. The number of carbonyl (C=O) groups excluding carboxylic acids is 1. The van der Waals surface area contributed by atoms with Gasteiger partial charge in [0, 0.05) is 5.69 Å². The van der Waals surface area contributed by atoms with Crippen LogP contribution in [0.5, 0.6) is 0 Å². The summed E-state index contributed by atoms with van der Waals surface area (Å²) in [6.45, 7) is 5.44. The predicted molar refractivity (Wildman–Crippen MR) is 90.7 cm³/mol. The van der Waals surface area contributed by atoms with Gasteiger partial charge in [0.25, 0.3) is 0 Å². The van der Waals surface area contributed by atoms with Crippen LogP contribution in [0.2, 0.25) is 5.02 Å². The van der Waals surface area contributed by atoms with E-state index in [4.69, 9.17) is 33.0 Å². The Bertz CT molecular complexity index is 724. The number of benzene rings is 1. The summed E-state index contributed by atoms with van der Waals surface area (Å²) >= 11 is 11.4. The third-order valence-corrected chi connectivity index (χ3v) is 3.53. The van der Waals surface area contributed by atoms with Crippen LogP contribution in [0.1, 0.15) is 21.7 Å². The third-order valence-electron chi connectivity index (χ3n) is 2.88. The number of anilines is 1. The molecule has 0 aliphatic rings. The van der Waals surface area contributed by atoms with E-state index in [1.165, 1.54) is 6.08 Å².